The van der Waals surface area contributed by atoms with Crippen LogP contribution in [-0.4, -0.2) is 43.8 Å². The minimum atomic E-state index is -0.369. The minimum Gasteiger partial charge on any atom is -0.463 e. The molecule has 1 fully saturated rings. The van der Waals surface area contributed by atoms with Crippen molar-refractivity contribution in [1.29, 1.82) is 0 Å². The lowest BCUT2D eigenvalue weighted by molar-refractivity contribution is -0.132. The molecule has 1 aliphatic heterocycles. The predicted molar refractivity (Wildman–Crippen MR) is 39.5 cm³/mol. The first-order chi connectivity index (χ1) is 5.77. The zero-order valence-corrected chi connectivity index (χ0v) is 6.86. The van der Waals surface area contributed by atoms with E-state index in [0.29, 0.717) is 26.0 Å². The highest BCUT2D eigenvalue weighted by Crippen LogP contribution is 2.12. The number of ether oxygens (including phenoxy) is 2. The molecular formula is C7H11NO4. The van der Waals surface area contributed by atoms with E-state index in [2.05, 4.69) is 4.74 Å². The number of hydrogen-bond acceptors (Lipinski definition) is 4. The van der Waals surface area contributed by atoms with Gasteiger partial charge in [-0.3, -0.25) is 4.79 Å². The van der Waals surface area contributed by atoms with Gasteiger partial charge in [-0.25, -0.2) is 4.79 Å². The molecule has 1 atom stereocenters. The maximum atomic E-state index is 10.9. The molecule has 1 aliphatic rings. The van der Waals surface area contributed by atoms with Crippen LogP contribution in [0.25, 0.3) is 0 Å². The van der Waals surface area contributed by atoms with Gasteiger partial charge in [0.25, 0.3) is 6.47 Å². The summed E-state index contributed by atoms with van der Waals surface area (Å²) in [7, 11) is 1.33. The summed E-state index contributed by atoms with van der Waals surface area (Å²) in [6.07, 6.45) is 0.155. The molecule has 0 aromatic carbocycles. The van der Waals surface area contributed by atoms with E-state index in [0.717, 1.165) is 0 Å². The van der Waals surface area contributed by atoms with Crippen molar-refractivity contribution in [2.45, 2.75) is 12.5 Å². The number of carbonyl (C=O) groups is 2. The van der Waals surface area contributed by atoms with E-state index in [4.69, 9.17) is 4.74 Å². The molecule has 0 aromatic rings. The molecule has 1 amide bonds. The van der Waals surface area contributed by atoms with E-state index in [1.165, 1.54) is 12.0 Å². The van der Waals surface area contributed by atoms with Crippen molar-refractivity contribution >= 4 is 12.6 Å². The SMILES string of the molecule is COC(=O)N1CCC(OC=O)C1. The van der Waals surface area contributed by atoms with Gasteiger partial charge in [-0.15, -0.1) is 0 Å². The highest BCUT2D eigenvalue weighted by molar-refractivity contribution is 5.67. The lowest BCUT2D eigenvalue weighted by Gasteiger charge is -2.13. The van der Waals surface area contributed by atoms with Crippen LogP contribution in [0.5, 0.6) is 0 Å². The summed E-state index contributed by atoms with van der Waals surface area (Å²) in [5, 5.41) is 0. The minimum absolute atomic E-state index is 0.165. The zero-order chi connectivity index (χ0) is 8.97. The fourth-order valence-electron chi connectivity index (χ4n) is 1.21. The highest BCUT2D eigenvalue weighted by Gasteiger charge is 2.27. The van der Waals surface area contributed by atoms with E-state index < -0.39 is 0 Å². The Kier molecular flexibility index (Phi) is 2.90. The quantitative estimate of drug-likeness (QED) is 0.551. The first-order valence-electron chi connectivity index (χ1n) is 3.70. The van der Waals surface area contributed by atoms with Crippen molar-refractivity contribution in [3.8, 4) is 0 Å². The van der Waals surface area contributed by atoms with E-state index in [1.807, 2.05) is 0 Å². The Hall–Kier alpha value is -1.26. The van der Waals surface area contributed by atoms with Gasteiger partial charge in [-0.2, -0.15) is 0 Å². The van der Waals surface area contributed by atoms with E-state index in [-0.39, 0.29) is 12.2 Å². The smallest absolute Gasteiger partial charge is 0.409 e. The van der Waals surface area contributed by atoms with Gasteiger partial charge in [0.2, 0.25) is 0 Å². The number of rotatable bonds is 2. The summed E-state index contributed by atoms with van der Waals surface area (Å²) < 4.78 is 9.20. The normalized spacial score (nSPS) is 22.1. The molecule has 1 saturated heterocycles. The predicted octanol–water partition coefficient (Wildman–Crippen LogP) is 0.0001000. The summed E-state index contributed by atoms with van der Waals surface area (Å²) in [6.45, 7) is 1.43. The third-order valence-corrected chi connectivity index (χ3v) is 1.83. The molecule has 0 saturated carbocycles. The van der Waals surface area contributed by atoms with Gasteiger partial charge < -0.3 is 14.4 Å². The third kappa shape index (κ3) is 1.87. The maximum Gasteiger partial charge on any atom is 0.409 e. The van der Waals surface area contributed by atoms with Gasteiger partial charge in [-0.1, -0.05) is 0 Å². The van der Waals surface area contributed by atoms with Crippen LogP contribution in [0.2, 0.25) is 0 Å². The lowest BCUT2D eigenvalue weighted by Crippen LogP contribution is -2.29. The maximum absolute atomic E-state index is 10.9. The van der Waals surface area contributed by atoms with Crippen LogP contribution in [0.4, 0.5) is 4.79 Å². The molecule has 1 unspecified atom stereocenters. The summed E-state index contributed by atoms with van der Waals surface area (Å²) >= 11 is 0. The molecule has 12 heavy (non-hydrogen) atoms. The van der Waals surface area contributed by atoms with Crippen LogP contribution in [0.1, 0.15) is 6.42 Å². The number of amides is 1. The Morgan fingerprint density at radius 1 is 1.67 bits per heavy atom. The Morgan fingerprint density at radius 3 is 3.00 bits per heavy atom. The first kappa shape index (κ1) is 8.83. The van der Waals surface area contributed by atoms with Gasteiger partial charge in [-0.05, 0) is 0 Å². The van der Waals surface area contributed by atoms with Crippen LogP contribution >= 0.6 is 0 Å². The number of nitrogens with zero attached hydrogens (tertiary/aromatic N) is 1. The molecule has 5 heteroatoms. The Bertz CT molecular complexity index is 182. The molecule has 68 valence electrons. The molecular weight excluding hydrogens is 162 g/mol. The molecule has 0 aromatic heterocycles. The van der Waals surface area contributed by atoms with Crippen molar-refractivity contribution < 1.29 is 19.1 Å². The summed E-state index contributed by atoms with van der Waals surface area (Å²) in [6, 6.07) is 0. The van der Waals surface area contributed by atoms with Gasteiger partial charge in [0.15, 0.2) is 0 Å². The standard InChI is InChI=1S/C7H11NO4/c1-11-7(10)8-3-2-6(4-8)12-5-9/h5-6H,2-4H2,1H3. The number of likely N-dealkylation sites (tertiary alicyclic amines) is 1. The zero-order valence-electron chi connectivity index (χ0n) is 6.86. The highest BCUT2D eigenvalue weighted by atomic mass is 16.5. The Labute approximate surface area is 70.2 Å². The van der Waals surface area contributed by atoms with Crippen LogP contribution in [0.3, 0.4) is 0 Å². The van der Waals surface area contributed by atoms with E-state index in [1.54, 1.807) is 0 Å². The van der Waals surface area contributed by atoms with Crippen molar-refractivity contribution in [1.82, 2.24) is 4.90 Å². The molecule has 0 bridgehead atoms. The summed E-state index contributed by atoms with van der Waals surface area (Å²) in [5.41, 5.74) is 0. The molecule has 0 radical (unpaired) electrons. The topological polar surface area (TPSA) is 55.8 Å². The largest absolute Gasteiger partial charge is 0.463 e. The second kappa shape index (κ2) is 3.94. The van der Waals surface area contributed by atoms with Crippen LogP contribution in [0, 0.1) is 0 Å². The molecule has 5 nitrogen and oxygen atoms in total. The monoisotopic (exact) mass is 173 g/mol. The van der Waals surface area contributed by atoms with Gasteiger partial charge >= 0.3 is 6.09 Å². The number of methoxy groups -OCH3 is 1. The molecule has 0 N–H and O–H groups in total. The fraction of sp³-hybridized carbons (Fsp3) is 0.714. The van der Waals surface area contributed by atoms with Gasteiger partial charge in [0, 0.05) is 13.0 Å². The Morgan fingerprint density at radius 2 is 2.42 bits per heavy atom. The molecule has 0 spiro atoms. The van der Waals surface area contributed by atoms with E-state index >= 15 is 0 Å². The summed E-state index contributed by atoms with van der Waals surface area (Å²) in [4.78, 5) is 22.4. The van der Waals surface area contributed by atoms with Crippen molar-refractivity contribution in [2.24, 2.45) is 0 Å². The van der Waals surface area contributed by atoms with Gasteiger partial charge in [0.05, 0.1) is 13.7 Å². The fourth-order valence-corrected chi connectivity index (χ4v) is 1.21. The van der Waals surface area contributed by atoms with Crippen LogP contribution in [-0.2, 0) is 14.3 Å². The number of carbonyl (C=O) groups excluding carboxylic acids is 2. The number of hydrogen-bond donors (Lipinski definition) is 0. The van der Waals surface area contributed by atoms with Gasteiger partial charge in [0.1, 0.15) is 6.10 Å². The van der Waals surface area contributed by atoms with Crippen molar-refractivity contribution in [2.75, 3.05) is 20.2 Å². The molecule has 1 heterocycles. The average Bonchev–Trinajstić information content (AvgIpc) is 2.52. The lowest BCUT2D eigenvalue weighted by atomic mass is 10.3. The van der Waals surface area contributed by atoms with E-state index in [9.17, 15) is 9.59 Å². The van der Waals surface area contributed by atoms with Crippen LogP contribution < -0.4 is 0 Å². The summed E-state index contributed by atoms with van der Waals surface area (Å²) in [5.74, 6) is 0. The second-order valence-electron chi connectivity index (χ2n) is 2.56. The second-order valence-corrected chi connectivity index (χ2v) is 2.56. The molecule has 1 rings (SSSR count). The van der Waals surface area contributed by atoms with Crippen molar-refractivity contribution in [3.63, 3.8) is 0 Å². The average molecular weight is 173 g/mol. The first-order valence-corrected chi connectivity index (χ1v) is 3.70. The third-order valence-electron chi connectivity index (χ3n) is 1.83. The molecule has 0 aliphatic carbocycles. The van der Waals surface area contributed by atoms with Crippen molar-refractivity contribution in [3.05, 3.63) is 0 Å². The van der Waals surface area contributed by atoms with Crippen LogP contribution in [0.15, 0.2) is 0 Å². The Balaban J connectivity index is 2.34.